The molecule has 0 aromatic carbocycles. The molecule has 0 saturated carbocycles. The van der Waals surface area contributed by atoms with Crippen molar-refractivity contribution in [2.45, 2.75) is 33.6 Å². The van der Waals surface area contributed by atoms with Gasteiger partial charge in [0, 0.05) is 12.3 Å². The number of aliphatic imine (C=N–C) groups is 1. The van der Waals surface area contributed by atoms with Crippen molar-refractivity contribution in [3.8, 4) is 0 Å². The third kappa shape index (κ3) is 2.55. The van der Waals surface area contributed by atoms with Crippen LogP contribution in [0.3, 0.4) is 0 Å². The molecule has 13 heavy (non-hydrogen) atoms. The second-order valence-corrected chi connectivity index (χ2v) is 3.45. The number of hydrogen-bond donors (Lipinski definition) is 0. The molecule has 0 radical (unpaired) electrons. The van der Waals surface area contributed by atoms with Crippen LogP contribution < -0.4 is 0 Å². The van der Waals surface area contributed by atoms with E-state index in [0.717, 1.165) is 6.54 Å². The quantitative estimate of drug-likeness (QED) is 0.586. The van der Waals surface area contributed by atoms with Crippen molar-refractivity contribution in [3.63, 3.8) is 0 Å². The summed E-state index contributed by atoms with van der Waals surface area (Å²) in [6.07, 6.45) is 9.00. The highest BCUT2D eigenvalue weighted by Gasteiger charge is 2.14. The molecule has 0 fully saturated rings. The van der Waals surface area contributed by atoms with E-state index in [4.69, 9.17) is 0 Å². The molecule has 0 aliphatic heterocycles. The summed E-state index contributed by atoms with van der Waals surface area (Å²) in [5.74, 6) is 0.695. The summed E-state index contributed by atoms with van der Waals surface area (Å²) in [6.45, 7) is 7.35. The fraction of sp³-hybridized carbons (Fsp3) is 0.583. The van der Waals surface area contributed by atoms with Gasteiger partial charge in [-0.2, -0.15) is 0 Å². The predicted octanol–water partition coefficient (Wildman–Crippen LogP) is 3.38. The van der Waals surface area contributed by atoms with Crippen LogP contribution in [0, 0.1) is 5.92 Å². The van der Waals surface area contributed by atoms with Crippen LogP contribution in [0.1, 0.15) is 33.6 Å². The van der Waals surface area contributed by atoms with Crippen LogP contribution in [0.15, 0.2) is 28.8 Å². The maximum Gasteiger partial charge on any atom is 0.0364 e. The monoisotopic (exact) mass is 177 g/mol. The average Bonchev–Trinajstić information content (AvgIpc) is 2.18. The molecule has 1 unspecified atom stereocenters. The number of rotatable bonds is 3. The van der Waals surface area contributed by atoms with Gasteiger partial charge < -0.3 is 0 Å². The maximum absolute atomic E-state index is 4.46. The lowest BCUT2D eigenvalue weighted by molar-refractivity contribution is 0.614. The predicted molar refractivity (Wildman–Crippen MR) is 59.3 cm³/mol. The molecule has 0 spiro atoms. The smallest absolute Gasteiger partial charge is 0.0364 e. The molecule has 0 N–H and O–H groups in total. The summed E-state index contributed by atoms with van der Waals surface area (Å²) in [4.78, 5) is 4.46. The Hall–Kier alpha value is -0.850. The minimum absolute atomic E-state index is 0.695. The molecule has 72 valence electrons. The van der Waals surface area contributed by atoms with E-state index >= 15 is 0 Å². The van der Waals surface area contributed by atoms with Gasteiger partial charge in [0.2, 0.25) is 0 Å². The Labute approximate surface area is 81.3 Å². The molecule has 0 amide bonds. The summed E-state index contributed by atoms with van der Waals surface area (Å²) in [6, 6.07) is 0. The SMILES string of the molecule is CCN=C(C)C1=CC=CCC1CC. The van der Waals surface area contributed by atoms with Gasteiger partial charge in [0.05, 0.1) is 0 Å². The van der Waals surface area contributed by atoms with Gasteiger partial charge in [0.1, 0.15) is 0 Å². The van der Waals surface area contributed by atoms with E-state index in [9.17, 15) is 0 Å². The van der Waals surface area contributed by atoms with Gasteiger partial charge >= 0.3 is 0 Å². The lowest BCUT2D eigenvalue weighted by Crippen LogP contribution is -2.12. The lowest BCUT2D eigenvalue weighted by Gasteiger charge is -2.19. The Balaban J connectivity index is 2.80. The highest BCUT2D eigenvalue weighted by molar-refractivity contribution is 5.99. The lowest BCUT2D eigenvalue weighted by atomic mass is 9.87. The van der Waals surface area contributed by atoms with Crippen LogP contribution in [0.2, 0.25) is 0 Å². The summed E-state index contributed by atoms with van der Waals surface area (Å²) < 4.78 is 0. The van der Waals surface area contributed by atoms with Crippen LogP contribution in [-0.4, -0.2) is 12.3 Å². The third-order valence-corrected chi connectivity index (χ3v) is 2.58. The zero-order valence-corrected chi connectivity index (χ0v) is 8.88. The Bertz CT molecular complexity index is 246. The van der Waals surface area contributed by atoms with Gasteiger partial charge in [-0.3, -0.25) is 4.99 Å². The minimum atomic E-state index is 0.695. The molecule has 0 aromatic heterocycles. The van der Waals surface area contributed by atoms with E-state index in [1.54, 1.807) is 0 Å². The van der Waals surface area contributed by atoms with Crippen LogP contribution in [0.25, 0.3) is 0 Å². The first-order chi connectivity index (χ1) is 6.29. The first kappa shape index (κ1) is 10.2. The van der Waals surface area contributed by atoms with E-state index in [1.165, 1.54) is 24.1 Å². The summed E-state index contributed by atoms with van der Waals surface area (Å²) >= 11 is 0. The molecule has 0 aromatic rings. The van der Waals surface area contributed by atoms with Crippen molar-refractivity contribution in [2.75, 3.05) is 6.54 Å². The van der Waals surface area contributed by atoms with Gasteiger partial charge in [-0.15, -0.1) is 0 Å². The van der Waals surface area contributed by atoms with Gasteiger partial charge in [-0.25, -0.2) is 0 Å². The van der Waals surface area contributed by atoms with E-state index in [1.807, 2.05) is 0 Å². The van der Waals surface area contributed by atoms with E-state index in [-0.39, 0.29) is 0 Å². The number of hydrogen-bond acceptors (Lipinski definition) is 1. The van der Waals surface area contributed by atoms with E-state index in [0.29, 0.717) is 5.92 Å². The first-order valence-electron chi connectivity index (χ1n) is 5.17. The van der Waals surface area contributed by atoms with E-state index < -0.39 is 0 Å². The van der Waals surface area contributed by atoms with Crippen LogP contribution in [0.5, 0.6) is 0 Å². The Morgan fingerprint density at radius 3 is 2.92 bits per heavy atom. The Morgan fingerprint density at radius 1 is 1.54 bits per heavy atom. The second kappa shape index (κ2) is 5.00. The van der Waals surface area contributed by atoms with Crippen molar-refractivity contribution < 1.29 is 0 Å². The van der Waals surface area contributed by atoms with Crippen molar-refractivity contribution in [3.05, 3.63) is 23.8 Å². The average molecular weight is 177 g/mol. The van der Waals surface area contributed by atoms with E-state index in [2.05, 4.69) is 44.0 Å². The molecule has 0 bridgehead atoms. The largest absolute Gasteiger partial charge is 0.290 e. The fourth-order valence-corrected chi connectivity index (χ4v) is 1.81. The highest BCUT2D eigenvalue weighted by Crippen LogP contribution is 2.24. The molecular weight excluding hydrogens is 158 g/mol. The van der Waals surface area contributed by atoms with Gasteiger partial charge in [0.25, 0.3) is 0 Å². The summed E-state index contributed by atoms with van der Waals surface area (Å²) in [7, 11) is 0. The normalized spacial score (nSPS) is 23.2. The second-order valence-electron chi connectivity index (χ2n) is 3.45. The van der Waals surface area contributed by atoms with Crippen molar-refractivity contribution in [2.24, 2.45) is 10.9 Å². The molecule has 0 saturated heterocycles. The molecule has 1 aliphatic rings. The zero-order valence-electron chi connectivity index (χ0n) is 8.88. The third-order valence-electron chi connectivity index (χ3n) is 2.58. The molecule has 0 heterocycles. The van der Waals surface area contributed by atoms with Crippen molar-refractivity contribution in [1.29, 1.82) is 0 Å². The molecule has 1 nitrogen and oxygen atoms in total. The first-order valence-corrected chi connectivity index (χ1v) is 5.17. The van der Waals surface area contributed by atoms with Gasteiger partial charge in [0.15, 0.2) is 0 Å². The summed E-state index contributed by atoms with van der Waals surface area (Å²) in [5, 5.41) is 0. The molecule has 1 rings (SSSR count). The highest BCUT2D eigenvalue weighted by atomic mass is 14.7. The number of nitrogens with zero attached hydrogens (tertiary/aromatic N) is 1. The Kier molecular flexibility index (Phi) is 3.94. The standard InChI is InChI=1S/C12H19N/c1-4-11-8-6-7-9-12(11)10(3)13-5-2/h6-7,9,11H,4-5,8H2,1-3H3. The maximum atomic E-state index is 4.46. The zero-order chi connectivity index (χ0) is 9.68. The topological polar surface area (TPSA) is 12.4 Å². The van der Waals surface area contributed by atoms with Crippen molar-refractivity contribution >= 4 is 5.71 Å². The van der Waals surface area contributed by atoms with Crippen molar-refractivity contribution in [1.82, 2.24) is 0 Å². The number of allylic oxidation sites excluding steroid dienone is 4. The van der Waals surface area contributed by atoms with Gasteiger partial charge in [-0.05, 0) is 38.2 Å². The minimum Gasteiger partial charge on any atom is -0.290 e. The molecule has 1 heteroatoms. The Morgan fingerprint density at radius 2 is 2.31 bits per heavy atom. The molecule has 1 atom stereocenters. The summed E-state index contributed by atoms with van der Waals surface area (Å²) in [5.41, 5.74) is 2.66. The molecule has 1 aliphatic carbocycles. The van der Waals surface area contributed by atoms with Crippen LogP contribution in [-0.2, 0) is 0 Å². The molecular formula is C12H19N. The fourth-order valence-electron chi connectivity index (χ4n) is 1.81. The van der Waals surface area contributed by atoms with Crippen LogP contribution >= 0.6 is 0 Å². The van der Waals surface area contributed by atoms with Crippen LogP contribution in [0.4, 0.5) is 0 Å². The van der Waals surface area contributed by atoms with Gasteiger partial charge in [-0.1, -0.05) is 25.2 Å².